The van der Waals surface area contributed by atoms with Gasteiger partial charge in [0, 0.05) is 26.2 Å². The maximum Gasteiger partial charge on any atom is 0.284 e. The van der Waals surface area contributed by atoms with Gasteiger partial charge in [0.25, 0.3) is 5.91 Å². The van der Waals surface area contributed by atoms with Gasteiger partial charge in [0.15, 0.2) is 0 Å². The van der Waals surface area contributed by atoms with E-state index in [-0.39, 0.29) is 11.9 Å². The van der Waals surface area contributed by atoms with E-state index in [0.717, 1.165) is 22.5 Å². The summed E-state index contributed by atoms with van der Waals surface area (Å²) in [6.07, 6.45) is 0.711. The van der Waals surface area contributed by atoms with Crippen molar-refractivity contribution in [1.82, 2.24) is 5.01 Å². The molecule has 2 aromatic carbocycles. The number of hydrogen-bond donors (Lipinski definition) is 0. The van der Waals surface area contributed by atoms with E-state index in [0.29, 0.717) is 11.3 Å². The van der Waals surface area contributed by atoms with E-state index in [2.05, 4.69) is 29.2 Å². The van der Waals surface area contributed by atoms with Crippen molar-refractivity contribution in [1.29, 1.82) is 0 Å². The van der Waals surface area contributed by atoms with E-state index >= 15 is 0 Å². The quantitative estimate of drug-likeness (QED) is 0.656. The van der Waals surface area contributed by atoms with Crippen LogP contribution >= 0.6 is 11.3 Å². The van der Waals surface area contributed by atoms with Gasteiger partial charge in [0.05, 0.1) is 16.6 Å². The van der Waals surface area contributed by atoms with Crippen LogP contribution in [0.4, 0.5) is 5.69 Å². The van der Waals surface area contributed by atoms with Crippen molar-refractivity contribution in [2.45, 2.75) is 12.5 Å². The molecule has 4 nitrogen and oxygen atoms in total. The molecule has 1 aliphatic rings. The highest BCUT2D eigenvalue weighted by molar-refractivity contribution is 7.12. The van der Waals surface area contributed by atoms with Crippen molar-refractivity contribution in [3.8, 4) is 0 Å². The zero-order chi connectivity index (χ0) is 18.8. The molecule has 0 bridgehead atoms. The van der Waals surface area contributed by atoms with Crippen LogP contribution in [-0.4, -0.2) is 30.7 Å². The molecule has 1 aliphatic heterocycles. The molecule has 0 unspecified atom stereocenters. The first-order chi connectivity index (χ1) is 13.1. The molecule has 0 spiro atoms. The number of anilines is 1. The number of carbonyl (C=O) groups is 1. The summed E-state index contributed by atoms with van der Waals surface area (Å²) in [4.78, 5) is 15.8. The maximum absolute atomic E-state index is 13.1. The second-order valence-corrected chi connectivity index (χ2v) is 7.69. The first kappa shape index (κ1) is 17.5. The van der Waals surface area contributed by atoms with Crippen LogP contribution in [0.3, 0.4) is 0 Å². The molecule has 2 heterocycles. The van der Waals surface area contributed by atoms with Crippen LogP contribution in [0.15, 0.2) is 77.2 Å². The molecular weight excluding hydrogens is 354 g/mol. The van der Waals surface area contributed by atoms with Crippen LogP contribution in [0.5, 0.6) is 0 Å². The van der Waals surface area contributed by atoms with E-state index in [1.54, 1.807) is 5.01 Å². The number of hydrazone groups is 1. The Morgan fingerprint density at radius 2 is 1.78 bits per heavy atom. The summed E-state index contributed by atoms with van der Waals surface area (Å²) < 4.78 is 0. The molecule has 1 atom stereocenters. The van der Waals surface area contributed by atoms with Crippen molar-refractivity contribution >= 4 is 28.6 Å². The topological polar surface area (TPSA) is 35.9 Å². The molecule has 3 aromatic rings. The van der Waals surface area contributed by atoms with Gasteiger partial charge in [-0.15, -0.1) is 11.3 Å². The van der Waals surface area contributed by atoms with Gasteiger partial charge in [-0.1, -0.05) is 48.5 Å². The normalized spacial score (nSPS) is 16.3. The van der Waals surface area contributed by atoms with E-state index in [1.165, 1.54) is 11.3 Å². The monoisotopic (exact) mass is 375 g/mol. The number of hydrogen-bond acceptors (Lipinski definition) is 4. The van der Waals surface area contributed by atoms with Crippen LogP contribution in [0.2, 0.25) is 0 Å². The van der Waals surface area contributed by atoms with Gasteiger partial charge in [-0.2, -0.15) is 5.10 Å². The molecule has 4 rings (SSSR count). The Kier molecular flexibility index (Phi) is 4.77. The van der Waals surface area contributed by atoms with E-state index in [1.807, 2.05) is 61.9 Å². The Bertz CT molecular complexity index is 947. The lowest BCUT2D eigenvalue weighted by Gasteiger charge is -2.22. The molecule has 1 aromatic heterocycles. The minimum atomic E-state index is -0.0916. The third-order valence-corrected chi connectivity index (χ3v) is 5.61. The summed E-state index contributed by atoms with van der Waals surface area (Å²) in [5, 5.41) is 8.30. The summed E-state index contributed by atoms with van der Waals surface area (Å²) in [6.45, 7) is 0. The van der Waals surface area contributed by atoms with Crippen molar-refractivity contribution in [3.63, 3.8) is 0 Å². The fraction of sp³-hybridized carbons (Fsp3) is 0.182. The molecule has 0 saturated carbocycles. The minimum absolute atomic E-state index is 0.0439. The van der Waals surface area contributed by atoms with Gasteiger partial charge in [-0.3, -0.25) is 4.79 Å². The summed E-state index contributed by atoms with van der Waals surface area (Å²) in [6, 6.07) is 22.1. The molecule has 0 fully saturated rings. The first-order valence-corrected chi connectivity index (χ1v) is 9.78. The lowest BCUT2D eigenvalue weighted by Crippen LogP contribution is -2.26. The molecule has 27 heavy (non-hydrogen) atoms. The second-order valence-electron chi connectivity index (χ2n) is 6.75. The predicted molar refractivity (Wildman–Crippen MR) is 112 cm³/mol. The minimum Gasteiger partial charge on any atom is -0.378 e. The maximum atomic E-state index is 13.1. The zero-order valence-electron chi connectivity index (χ0n) is 15.4. The first-order valence-electron chi connectivity index (χ1n) is 8.91. The standard InChI is InChI=1S/C22H21N3OS/c1-24(2)18-12-10-17(11-13-18)20-15-19(16-7-4-3-5-8-16)23-25(20)22(26)21-9-6-14-27-21/h3-14,20H,15H2,1-2H3/t20-/m1/s1. The van der Waals surface area contributed by atoms with Gasteiger partial charge >= 0.3 is 0 Å². The Morgan fingerprint density at radius 3 is 2.41 bits per heavy atom. The predicted octanol–water partition coefficient (Wildman–Crippen LogP) is 4.81. The molecule has 1 amide bonds. The van der Waals surface area contributed by atoms with Crippen LogP contribution < -0.4 is 4.90 Å². The Hall–Kier alpha value is -2.92. The average Bonchev–Trinajstić information content (AvgIpc) is 3.38. The van der Waals surface area contributed by atoms with Crippen LogP contribution in [0, 0.1) is 0 Å². The highest BCUT2D eigenvalue weighted by Crippen LogP contribution is 2.35. The summed E-state index contributed by atoms with van der Waals surface area (Å²) in [5.41, 5.74) is 4.24. The lowest BCUT2D eigenvalue weighted by atomic mass is 9.98. The third kappa shape index (κ3) is 3.51. The van der Waals surface area contributed by atoms with Crippen molar-refractivity contribution in [3.05, 3.63) is 88.1 Å². The number of carbonyl (C=O) groups excluding carboxylic acids is 1. The molecule has 0 N–H and O–H groups in total. The SMILES string of the molecule is CN(C)c1ccc([C@H]2CC(c3ccccc3)=NN2C(=O)c2cccs2)cc1. The fourth-order valence-corrected chi connectivity index (χ4v) is 3.93. The Labute approximate surface area is 163 Å². The molecule has 0 aliphatic carbocycles. The van der Waals surface area contributed by atoms with Gasteiger partial charge in [-0.25, -0.2) is 5.01 Å². The summed E-state index contributed by atoms with van der Waals surface area (Å²) in [5.74, 6) is -0.0439. The van der Waals surface area contributed by atoms with Crippen molar-refractivity contribution < 1.29 is 4.79 Å². The lowest BCUT2D eigenvalue weighted by molar-refractivity contribution is 0.0716. The van der Waals surface area contributed by atoms with Crippen molar-refractivity contribution in [2.24, 2.45) is 5.10 Å². The molecule has 136 valence electrons. The highest BCUT2D eigenvalue weighted by Gasteiger charge is 2.34. The number of nitrogens with zero attached hydrogens (tertiary/aromatic N) is 3. The summed E-state index contributed by atoms with van der Waals surface area (Å²) >= 11 is 1.45. The molecule has 0 saturated heterocycles. The second kappa shape index (κ2) is 7.37. The Morgan fingerprint density at radius 1 is 1.04 bits per heavy atom. The average molecular weight is 375 g/mol. The van der Waals surface area contributed by atoms with Crippen molar-refractivity contribution in [2.75, 3.05) is 19.0 Å². The van der Waals surface area contributed by atoms with E-state index < -0.39 is 0 Å². The van der Waals surface area contributed by atoms with Gasteiger partial charge in [-0.05, 0) is 34.7 Å². The van der Waals surface area contributed by atoms with Crippen LogP contribution in [0.25, 0.3) is 0 Å². The molecular formula is C22H21N3OS. The fourth-order valence-electron chi connectivity index (χ4n) is 3.27. The van der Waals surface area contributed by atoms with Crippen LogP contribution in [0.1, 0.15) is 33.3 Å². The largest absolute Gasteiger partial charge is 0.378 e. The van der Waals surface area contributed by atoms with E-state index in [4.69, 9.17) is 5.10 Å². The molecule has 5 heteroatoms. The van der Waals surface area contributed by atoms with Gasteiger partial charge < -0.3 is 4.90 Å². The smallest absolute Gasteiger partial charge is 0.284 e. The molecule has 0 radical (unpaired) electrons. The van der Waals surface area contributed by atoms with Gasteiger partial charge in [0.1, 0.15) is 0 Å². The van der Waals surface area contributed by atoms with Gasteiger partial charge in [0.2, 0.25) is 0 Å². The van der Waals surface area contributed by atoms with E-state index in [9.17, 15) is 4.79 Å². The number of benzene rings is 2. The van der Waals surface area contributed by atoms with Crippen LogP contribution in [-0.2, 0) is 0 Å². The number of rotatable bonds is 4. The highest BCUT2D eigenvalue weighted by atomic mass is 32.1. The summed E-state index contributed by atoms with van der Waals surface area (Å²) in [7, 11) is 4.04. The third-order valence-electron chi connectivity index (χ3n) is 4.75. The Balaban J connectivity index is 1.69. The zero-order valence-corrected chi connectivity index (χ0v) is 16.2. The number of amides is 1. The number of thiophene rings is 1.